The zero-order valence-corrected chi connectivity index (χ0v) is 28.0. The lowest BCUT2D eigenvalue weighted by atomic mass is 10.0. The molecule has 244 valence electrons. The van der Waals surface area contributed by atoms with Crippen molar-refractivity contribution in [2.45, 2.75) is 70.2 Å². The van der Waals surface area contributed by atoms with Gasteiger partial charge in [-0.1, -0.05) is 62.7 Å². The average Bonchev–Trinajstić information content (AvgIpc) is 3.01. The van der Waals surface area contributed by atoms with Crippen molar-refractivity contribution in [1.29, 1.82) is 0 Å². The van der Waals surface area contributed by atoms with E-state index >= 15 is 0 Å². The van der Waals surface area contributed by atoms with Gasteiger partial charge in [-0.05, 0) is 97.3 Å². The largest absolute Gasteiger partial charge is 0.338 e. The molecule has 1 fully saturated rings. The van der Waals surface area contributed by atoms with E-state index in [-0.39, 0.29) is 29.1 Å². The molecule has 3 N–H and O–H groups in total. The van der Waals surface area contributed by atoms with Gasteiger partial charge in [0.05, 0.1) is 4.90 Å². The fraction of sp³-hybridized carbons (Fsp3) is 0.429. The number of benzene rings is 3. The van der Waals surface area contributed by atoms with E-state index in [0.717, 1.165) is 54.0 Å². The lowest BCUT2D eigenvalue weighted by Gasteiger charge is -2.25. The highest BCUT2D eigenvalue weighted by Gasteiger charge is 2.16. The number of anilines is 1. The number of nitrogens with one attached hydrogen (secondary N) is 1. The number of sulfonamides is 1. The van der Waals surface area contributed by atoms with Crippen molar-refractivity contribution < 1.29 is 18.0 Å². The second kappa shape index (κ2) is 17.5. The van der Waals surface area contributed by atoms with Crippen LogP contribution >= 0.6 is 12.4 Å². The Hall–Kier alpha value is -3.24. The van der Waals surface area contributed by atoms with Crippen LogP contribution in [-0.2, 0) is 32.6 Å². The first-order chi connectivity index (χ1) is 21.1. The smallest absolute Gasteiger partial charge is 0.238 e. The lowest BCUT2D eigenvalue weighted by Crippen LogP contribution is -2.32. The second-order valence-electron chi connectivity index (χ2n) is 12.2. The van der Waals surface area contributed by atoms with Crippen molar-refractivity contribution in [3.05, 3.63) is 83.9 Å². The number of nitrogens with two attached hydrogens (primary N) is 1. The predicted octanol–water partition coefficient (Wildman–Crippen LogP) is 6.24. The third-order valence-electron chi connectivity index (χ3n) is 8.09. The summed E-state index contributed by atoms with van der Waals surface area (Å²) in [6, 6.07) is 22.5. The number of carbonyl (C=O) groups is 2. The summed E-state index contributed by atoms with van der Waals surface area (Å²) in [5.74, 6) is 0.545. The maximum absolute atomic E-state index is 13.3. The molecule has 2 amide bonds. The Labute approximate surface area is 274 Å². The Morgan fingerprint density at radius 1 is 0.889 bits per heavy atom. The quantitative estimate of drug-likeness (QED) is 0.214. The summed E-state index contributed by atoms with van der Waals surface area (Å²) in [5, 5.41) is 8.29. The van der Waals surface area contributed by atoms with Crippen LogP contribution in [-0.4, -0.2) is 56.2 Å². The fourth-order valence-corrected chi connectivity index (χ4v) is 6.00. The Morgan fingerprint density at radius 2 is 1.56 bits per heavy atom. The number of carbonyl (C=O) groups excluding carboxylic acids is 2. The van der Waals surface area contributed by atoms with Crippen LogP contribution in [0.25, 0.3) is 11.1 Å². The van der Waals surface area contributed by atoms with E-state index in [0.29, 0.717) is 38.3 Å². The van der Waals surface area contributed by atoms with Crippen LogP contribution in [0.15, 0.2) is 77.7 Å². The highest BCUT2D eigenvalue weighted by molar-refractivity contribution is 7.89. The Kier molecular flexibility index (Phi) is 14.1. The number of amides is 2. The molecule has 0 radical (unpaired) electrons. The maximum atomic E-state index is 13.3. The van der Waals surface area contributed by atoms with Crippen LogP contribution in [0.1, 0.15) is 63.5 Å². The highest BCUT2D eigenvalue weighted by Crippen LogP contribution is 2.25. The molecule has 0 spiro atoms. The molecule has 0 unspecified atom stereocenters. The standard InChI is InChI=1S/C35H46N4O4S.ClH/c1-27(2)12-17-35(41)39(23-18-28-13-15-33(16-14-28)44(36,42)43)26-29-8-6-9-30(24-29)31-10-7-11-32(25-31)37-34(40)19-22-38-20-4-3-5-21-38;/h6-11,13-16,24-25,27H,3-5,12,17-23,26H2,1-2H3,(H,37,40)(H2,36,42,43);1H. The molecular weight excluding hydrogens is 608 g/mol. The van der Waals surface area contributed by atoms with E-state index in [1.807, 2.05) is 47.4 Å². The first kappa shape index (κ1) is 36.2. The summed E-state index contributed by atoms with van der Waals surface area (Å²) in [4.78, 5) is 30.3. The first-order valence-corrected chi connectivity index (χ1v) is 17.2. The minimum Gasteiger partial charge on any atom is -0.338 e. The van der Waals surface area contributed by atoms with Gasteiger partial charge in [0, 0.05) is 38.2 Å². The minimum absolute atomic E-state index is 0. The molecule has 3 aromatic carbocycles. The van der Waals surface area contributed by atoms with Crippen molar-refractivity contribution in [1.82, 2.24) is 9.80 Å². The molecule has 1 aliphatic heterocycles. The van der Waals surface area contributed by atoms with Gasteiger partial charge in [-0.25, -0.2) is 13.6 Å². The van der Waals surface area contributed by atoms with E-state index in [1.54, 1.807) is 12.1 Å². The molecule has 3 aromatic rings. The van der Waals surface area contributed by atoms with Crippen LogP contribution in [0.4, 0.5) is 5.69 Å². The summed E-state index contributed by atoms with van der Waals surface area (Å²) in [6.45, 7) is 8.14. The molecule has 1 saturated heterocycles. The third kappa shape index (κ3) is 11.9. The number of rotatable bonds is 14. The first-order valence-electron chi connectivity index (χ1n) is 15.7. The van der Waals surface area contributed by atoms with Gasteiger partial charge < -0.3 is 15.1 Å². The number of nitrogens with zero attached hydrogens (tertiary/aromatic N) is 2. The van der Waals surface area contributed by atoms with Gasteiger partial charge in [0.1, 0.15) is 0 Å². The van der Waals surface area contributed by atoms with Crippen molar-refractivity contribution in [2.24, 2.45) is 11.1 Å². The van der Waals surface area contributed by atoms with Gasteiger partial charge in [0.2, 0.25) is 21.8 Å². The van der Waals surface area contributed by atoms with E-state index in [1.165, 1.54) is 31.4 Å². The highest BCUT2D eigenvalue weighted by atomic mass is 35.5. The average molecular weight is 655 g/mol. The van der Waals surface area contributed by atoms with Gasteiger partial charge in [-0.3, -0.25) is 9.59 Å². The van der Waals surface area contributed by atoms with Crippen molar-refractivity contribution in [3.63, 3.8) is 0 Å². The monoisotopic (exact) mass is 654 g/mol. The normalized spacial score (nSPS) is 13.7. The Morgan fingerprint density at radius 3 is 2.22 bits per heavy atom. The molecular formula is C35H47ClN4O4S. The molecule has 0 bridgehead atoms. The molecule has 4 rings (SSSR count). The van der Waals surface area contributed by atoms with Gasteiger partial charge in [-0.15, -0.1) is 12.4 Å². The SMILES string of the molecule is CC(C)CCC(=O)N(CCc1ccc(S(N)(=O)=O)cc1)Cc1cccc(-c2cccc(NC(=O)CCN3CCCCC3)c2)c1.Cl. The number of hydrogen-bond donors (Lipinski definition) is 2. The molecule has 1 heterocycles. The number of piperidine rings is 1. The van der Waals surface area contributed by atoms with Crippen LogP contribution in [0.3, 0.4) is 0 Å². The molecule has 0 atom stereocenters. The van der Waals surface area contributed by atoms with Crippen LogP contribution in [0, 0.1) is 5.92 Å². The molecule has 8 nitrogen and oxygen atoms in total. The number of likely N-dealkylation sites (tertiary alicyclic amines) is 1. The molecule has 10 heteroatoms. The third-order valence-corrected chi connectivity index (χ3v) is 9.02. The number of primary sulfonamides is 1. The van der Waals surface area contributed by atoms with Gasteiger partial charge in [0.25, 0.3) is 0 Å². The predicted molar refractivity (Wildman–Crippen MR) is 184 cm³/mol. The van der Waals surface area contributed by atoms with Gasteiger partial charge in [-0.2, -0.15) is 0 Å². The summed E-state index contributed by atoms with van der Waals surface area (Å²) < 4.78 is 23.2. The maximum Gasteiger partial charge on any atom is 0.238 e. The topological polar surface area (TPSA) is 113 Å². The second-order valence-corrected chi connectivity index (χ2v) is 13.7. The molecule has 0 saturated carbocycles. The molecule has 1 aliphatic rings. The summed E-state index contributed by atoms with van der Waals surface area (Å²) in [6.07, 6.45) is 6.07. The number of hydrogen-bond acceptors (Lipinski definition) is 5. The number of halogens is 1. The van der Waals surface area contributed by atoms with Crippen LogP contribution in [0.5, 0.6) is 0 Å². The van der Waals surface area contributed by atoms with Crippen LogP contribution in [0.2, 0.25) is 0 Å². The van der Waals surface area contributed by atoms with E-state index < -0.39 is 10.0 Å². The van der Waals surface area contributed by atoms with Crippen molar-refractivity contribution >= 4 is 39.9 Å². The summed E-state index contributed by atoms with van der Waals surface area (Å²) in [7, 11) is -3.75. The van der Waals surface area contributed by atoms with E-state index in [4.69, 9.17) is 5.14 Å². The zero-order chi connectivity index (χ0) is 31.5. The van der Waals surface area contributed by atoms with E-state index in [9.17, 15) is 18.0 Å². The zero-order valence-electron chi connectivity index (χ0n) is 26.4. The molecule has 45 heavy (non-hydrogen) atoms. The van der Waals surface area contributed by atoms with E-state index in [2.05, 4.69) is 30.1 Å². The Bertz CT molecular complexity index is 1510. The molecule has 0 aliphatic carbocycles. The minimum atomic E-state index is -3.75. The van der Waals surface area contributed by atoms with Gasteiger partial charge in [0.15, 0.2) is 0 Å². The Balaban J connectivity index is 0.00000552. The van der Waals surface area contributed by atoms with Crippen LogP contribution < -0.4 is 10.5 Å². The molecule has 0 aromatic heterocycles. The van der Waals surface area contributed by atoms with Crippen molar-refractivity contribution in [2.75, 3.05) is 31.5 Å². The lowest BCUT2D eigenvalue weighted by molar-refractivity contribution is -0.132. The van der Waals surface area contributed by atoms with Crippen molar-refractivity contribution in [3.8, 4) is 11.1 Å². The summed E-state index contributed by atoms with van der Waals surface area (Å²) in [5.41, 5.74) is 4.73. The fourth-order valence-electron chi connectivity index (χ4n) is 5.48. The summed E-state index contributed by atoms with van der Waals surface area (Å²) >= 11 is 0. The van der Waals surface area contributed by atoms with Gasteiger partial charge >= 0.3 is 0 Å².